The Morgan fingerprint density at radius 2 is 1.91 bits per heavy atom. The first-order valence-corrected chi connectivity index (χ1v) is 11.8. The van der Waals surface area contributed by atoms with Crippen LogP contribution >= 0.6 is 11.6 Å². The molecule has 0 saturated carbocycles. The fraction of sp³-hybridized carbons (Fsp3) is 0.440. The molecular weight excluding hydrogens is 472 g/mol. The van der Waals surface area contributed by atoms with Gasteiger partial charge >= 0.3 is 17.3 Å². The van der Waals surface area contributed by atoms with Crippen molar-refractivity contribution < 1.29 is 14.3 Å². The molecule has 1 aromatic carbocycles. The normalized spacial score (nSPS) is 16.2. The second kappa shape index (κ2) is 12.0. The lowest BCUT2D eigenvalue weighted by Crippen LogP contribution is -2.45. The number of nitrogens with zero attached hydrogens (tertiary/aromatic N) is 3. The number of esters is 1. The Morgan fingerprint density at radius 1 is 1.20 bits per heavy atom. The number of rotatable bonds is 10. The van der Waals surface area contributed by atoms with Gasteiger partial charge in [0.15, 0.2) is 0 Å². The van der Waals surface area contributed by atoms with Crippen LogP contribution in [0.4, 0.5) is 5.95 Å². The number of aromatic nitrogens is 3. The lowest BCUT2D eigenvalue weighted by molar-refractivity contribution is -0.145. The van der Waals surface area contributed by atoms with Crippen molar-refractivity contribution in [3.8, 4) is 0 Å². The number of halogens is 1. The van der Waals surface area contributed by atoms with Gasteiger partial charge in [-0.1, -0.05) is 48.9 Å². The van der Waals surface area contributed by atoms with Gasteiger partial charge in [0.25, 0.3) is 0 Å². The molecule has 1 heterocycles. The average molecular weight is 503 g/mol. The highest BCUT2D eigenvalue weighted by Crippen LogP contribution is 2.16. The molecule has 1 N–H and O–H groups in total. The first-order valence-electron chi connectivity index (χ1n) is 11.5. The van der Waals surface area contributed by atoms with E-state index in [1.165, 1.54) is 11.7 Å². The number of hydrogen-bond acceptors (Lipinski definition) is 7. The number of carbonyl (C=O) groups is 1. The SMILES string of the molecule is COC(=O)[C@@H](C)Cn1c(=O)nc(NC2C=CC(COC(C)C)=CC2)n(Cc2ccc(Cl)cc2)c1=O. The highest BCUT2D eigenvalue weighted by atomic mass is 35.5. The van der Waals surface area contributed by atoms with E-state index in [2.05, 4.69) is 16.4 Å². The second-order valence-corrected chi connectivity index (χ2v) is 9.17. The highest BCUT2D eigenvalue weighted by Gasteiger charge is 2.21. The van der Waals surface area contributed by atoms with E-state index in [0.29, 0.717) is 18.1 Å². The van der Waals surface area contributed by atoms with E-state index in [9.17, 15) is 14.4 Å². The van der Waals surface area contributed by atoms with Crippen LogP contribution in [0.15, 0.2) is 57.7 Å². The molecule has 0 saturated heterocycles. The van der Waals surface area contributed by atoms with Crippen LogP contribution in [-0.4, -0.2) is 45.9 Å². The third kappa shape index (κ3) is 7.16. The summed E-state index contributed by atoms with van der Waals surface area (Å²) in [4.78, 5) is 42.2. The van der Waals surface area contributed by atoms with Crippen molar-refractivity contribution in [1.29, 1.82) is 0 Å². The zero-order valence-electron chi connectivity index (χ0n) is 20.4. The van der Waals surface area contributed by atoms with Crippen molar-refractivity contribution in [2.24, 2.45) is 5.92 Å². The first-order chi connectivity index (χ1) is 16.7. The van der Waals surface area contributed by atoms with Crippen LogP contribution in [0.1, 0.15) is 32.8 Å². The van der Waals surface area contributed by atoms with Gasteiger partial charge in [-0.3, -0.25) is 9.36 Å². The van der Waals surface area contributed by atoms with E-state index in [1.54, 1.807) is 31.2 Å². The van der Waals surface area contributed by atoms with E-state index < -0.39 is 23.3 Å². The standard InChI is InChI=1S/C25H31ClN4O5/c1-16(2)35-15-19-7-11-21(12-8-19)27-23-28-24(32)30(13-17(3)22(31)34-4)25(33)29(23)14-18-5-9-20(26)10-6-18/h5-11,16-17,21H,12-15H2,1-4H3,(H,27,28,32)/t17-,21?/m0/s1. The molecule has 1 aromatic heterocycles. The van der Waals surface area contributed by atoms with E-state index in [0.717, 1.165) is 15.7 Å². The predicted molar refractivity (Wildman–Crippen MR) is 135 cm³/mol. The summed E-state index contributed by atoms with van der Waals surface area (Å²) in [6, 6.07) is 6.90. The quantitative estimate of drug-likeness (QED) is 0.498. The summed E-state index contributed by atoms with van der Waals surface area (Å²) in [7, 11) is 1.26. The maximum atomic E-state index is 13.4. The molecule has 0 radical (unpaired) electrons. The number of ether oxygens (including phenoxy) is 2. The van der Waals surface area contributed by atoms with Gasteiger partial charge in [0.2, 0.25) is 5.95 Å². The third-order valence-electron chi connectivity index (χ3n) is 5.54. The Kier molecular flexibility index (Phi) is 9.06. The van der Waals surface area contributed by atoms with Crippen LogP contribution in [0.5, 0.6) is 0 Å². The second-order valence-electron chi connectivity index (χ2n) is 8.73. The van der Waals surface area contributed by atoms with Crippen molar-refractivity contribution in [3.63, 3.8) is 0 Å². The van der Waals surface area contributed by atoms with Crippen molar-refractivity contribution in [3.05, 3.63) is 79.6 Å². The summed E-state index contributed by atoms with van der Waals surface area (Å²) >= 11 is 6.00. The molecule has 1 unspecified atom stereocenters. The molecule has 2 atom stereocenters. The molecule has 0 fully saturated rings. The monoisotopic (exact) mass is 502 g/mol. The molecule has 35 heavy (non-hydrogen) atoms. The van der Waals surface area contributed by atoms with Gasteiger partial charge in [-0.2, -0.15) is 4.98 Å². The summed E-state index contributed by atoms with van der Waals surface area (Å²) in [5.74, 6) is -1.05. The number of nitrogens with one attached hydrogen (secondary N) is 1. The largest absolute Gasteiger partial charge is 0.469 e. The zero-order chi connectivity index (χ0) is 25.5. The molecule has 0 bridgehead atoms. The van der Waals surface area contributed by atoms with Crippen LogP contribution < -0.4 is 16.7 Å². The Hall–Kier alpha value is -3.17. The van der Waals surface area contributed by atoms with Crippen molar-refractivity contribution >= 4 is 23.5 Å². The Morgan fingerprint density at radius 3 is 2.51 bits per heavy atom. The molecule has 1 aliphatic carbocycles. The van der Waals surface area contributed by atoms with Gasteiger partial charge < -0.3 is 14.8 Å². The number of anilines is 1. The zero-order valence-corrected chi connectivity index (χ0v) is 21.1. The minimum absolute atomic E-state index is 0.135. The number of hydrogen-bond donors (Lipinski definition) is 1. The van der Waals surface area contributed by atoms with Crippen LogP contribution in [0.25, 0.3) is 0 Å². The summed E-state index contributed by atoms with van der Waals surface area (Å²) in [5.41, 5.74) is 0.566. The molecule has 0 spiro atoms. The topological polar surface area (TPSA) is 104 Å². The summed E-state index contributed by atoms with van der Waals surface area (Å²) in [6.45, 7) is 6.11. The number of carbonyl (C=O) groups excluding carboxylic acids is 1. The molecule has 9 nitrogen and oxygen atoms in total. The molecule has 3 rings (SSSR count). The molecule has 188 valence electrons. The fourth-order valence-corrected chi connectivity index (χ4v) is 3.69. The van der Waals surface area contributed by atoms with Crippen LogP contribution in [0.3, 0.4) is 0 Å². The lowest BCUT2D eigenvalue weighted by atomic mass is 10.0. The molecule has 0 aliphatic heterocycles. The number of benzene rings is 1. The van der Waals surface area contributed by atoms with Gasteiger partial charge in [0.05, 0.1) is 38.3 Å². The third-order valence-corrected chi connectivity index (χ3v) is 5.79. The minimum Gasteiger partial charge on any atom is -0.469 e. The van der Waals surface area contributed by atoms with Crippen molar-refractivity contribution in [1.82, 2.24) is 14.1 Å². The van der Waals surface area contributed by atoms with E-state index in [4.69, 9.17) is 21.1 Å². The summed E-state index contributed by atoms with van der Waals surface area (Å²) in [6.07, 6.45) is 6.76. The highest BCUT2D eigenvalue weighted by molar-refractivity contribution is 6.30. The fourth-order valence-electron chi connectivity index (χ4n) is 3.57. The van der Waals surface area contributed by atoms with Gasteiger partial charge in [0.1, 0.15) is 0 Å². The van der Waals surface area contributed by atoms with E-state index >= 15 is 0 Å². The Bertz CT molecular complexity index is 1210. The molecule has 2 aromatic rings. The molecule has 10 heteroatoms. The maximum Gasteiger partial charge on any atom is 0.354 e. The molecule has 0 amide bonds. The summed E-state index contributed by atoms with van der Waals surface area (Å²) < 4.78 is 12.7. The lowest BCUT2D eigenvalue weighted by Gasteiger charge is -2.22. The van der Waals surface area contributed by atoms with Crippen molar-refractivity contribution in [2.75, 3.05) is 19.0 Å². The van der Waals surface area contributed by atoms with Crippen LogP contribution in [0.2, 0.25) is 5.02 Å². The Labute approximate surface area is 209 Å². The van der Waals surface area contributed by atoms with Gasteiger partial charge in [-0.25, -0.2) is 14.2 Å². The molecule has 1 aliphatic rings. The number of methoxy groups -OCH3 is 1. The first kappa shape index (κ1) is 26.4. The smallest absolute Gasteiger partial charge is 0.354 e. The van der Waals surface area contributed by atoms with Gasteiger partial charge in [-0.05, 0) is 43.5 Å². The van der Waals surface area contributed by atoms with E-state index in [-0.39, 0.29) is 31.2 Å². The predicted octanol–water partition coefficient (Wildman–Crippen LogP) is 3.01. The maximum absolute atomic E-state index is 13.4. The van der Waals surface area contributed by atoms with E-state index in [1.807, 2.05) is 26.0 Å². The van der Waals surface area contributed by atoms with Crippen molar-refractivity contribution in [2.45, 2.75) is 52.4 Å². The summed E-state index contributed by atoms with van der Waals surface area (Å²) in [5, 5.41) is 3.79. The van der Waals surface area contributed by atoms with Gasteiger partial charge in [-0.15, -0.1) is 0 Å². The Balaban J connectivity index is 1.90. The minimum atomic E-state index is -0.734. The van der Waals surface area contributed by atoms with Gasteiger partial charge in [0, 0.05) is 11.6 Å². The van der Waals surface area contributed by atoms with Crippen LogP contribution in [0, 0.1) is 5.92 Å². The average Bonchev–Trinajstić information content (AvgIpc) is 2.84. The molecular formula is C25H31ClN4O5. The van der Waals surface area contributed by atoms with Crippen LogP contribution in [-0.2, 0) is 27.4 Å².